The molecule has 2 aromatic heterocycles. The fraction of sp³-hybridized carbons (Fsp3) is 0.639. The Hall–Kier alpha value is -2.23. The zero-order valence-electron chi connectivity index (χ0n) is 31.7. The van der Waals surface area contributed by atoms with Crippen LogP contribution < -0.4 is 16.6 Å². The third-order valence-electron chi connectivity index (χ3n) is 8.48. The molecule has 0 saturated carbocycles. The zero-order chi connectivity index (χ0) is 40.1. The molecule has 3 heterocycles. The maximum Gasteiger partial charge on any atom is 0.330 e. The number of fused-ring (bicyclic) bond motifs is 1. The largest absolute Gasteiger partial charge is 0.394 e. The molecule has 0 bridgehead atoms. The van der Waals surface area contributed by atoms with Crippen molar-refractivity contribution in [3.05, 3.63) is 64.3 Å². The van der Waals surface area contributed by atoms with Crippen LogP contribution in [0.1, 0.15) is 37.0 Å². The third kappa shape index (κ3) is 16.2. The number of carbonyl (C=O) groups excluding carboxylic acids is 1. The van der Waals surface area contributed by atoms with Crippen LogP contribution in [0.2, 0.25) is 0 Å². The molecule has 20 heteroatoms. The van der Waals surface area contributed by atoms with E-state index in [2.05, 4.69) is 54.7 Å². The van der Waals surface area contributed by atoms with Gasteiger partial charge in [0.25, 0.3) is 11.5 Å². The van der Waals surface area contributed by atoms with Crippen LogP contribution in [0.4, 0.5) is 0 Å². The van der Waals surface area contributed by atoms with Crippen molar-refractivity contribution in [3.63, 3.8) is 0 Å². The first-order chi connectivity index (χ1) is 27.2. The van der Waals surface area contributed by atoms with Gasteiger partial charge in [0.1, 0.15) is 18.0 Å². The van der Waals surface area contributed by atoms with Gasteiger partial charge in [-0.2, -0.15) is 0 Å². The smallest absolute Gasteiger partial charge is 0.330 e. The molecule has 1 fully saturated rings. The summed E-state index contributed by atoms with van der Waals surface area (Å²) in [5.41, 5.74) is 0.706. The second-order valence-corrected chi connectivity index (χ2v) is 14.9. The van der Waals surface area contributed by atoms with E-state index in [1.165, 1.54) is 17.0 Å². The van der Waals surface area contributed by atoms with E-state index < -0.39 is 36.0 Å². The Morgan fingerprint density at radius 2 is 1.66 bits per heavy atom. The van der Waals surface area contributed by atoms with Crippen LogP contribution >= 0.6 is 45.2 Å². The van der Waals surface area contributed by atoms with Gasteiger partial charge in [-0.25, -0.2) is 9.78 Å². The van der Waals surface area contributed by atoms with Gasteiger partial charge in [-0.05, 0) is 76.8 Å². The van der Waals surface area contributed by atoms with E-state index >= 15 is 0 Å². The van der Waals surface area contributed by atoms with E-state index in [1.807, 2.05) is 40.8 Å². The molecule has 3 N–H and O–H groups in total. The van der Waals surface area contributed by atoms with Crippen molar-refractivity contribution in [1.82, 2.24) is 29.7 Å². The third-order valence-corrected chi connectivity index (χ3v) is 9.92. The summed E-state index contributed by atoms with van der Waals surface area (Å²) in [6.07, 6.45) is 0.795. The van der Waals surface area contributed by atoms with Gasteiger partial charge in [0, 0.05) is 35.8 Å². The molecule has 312 valence electrons. The minimum absolute atomic E-state index is 0.241. The van der Waals surface area contributed by atoms with E-state index in [-0.39, 0.29) is 19.1 Å². The van der Waals surface area contributed by atoms with Crippen molar-refractivity contribution in [2.45, 2.75) is 45.0 Å². The number of aliphatic hydroxyl groups excluding tert-OH is 1. The molecule has 1 aromatic carbocycles. The van der Waals surface area contributed by atoms with Gasteiger partial charge in [0.2, 0.25) is 0 Å². The lowest BCUT2D eigenvalue weighted by Crippen LogP contribution is -2.37. The molecular formula is C36H52I2N6O12. The van der Waals surface area contributed by atoms with Crippen molar-refractivity contribution < 1.29 is 47.8 Å². The first-order valence-corrected chi connectivity index (χ1v) is 20.7. The number of amides is 1. The van der Waals surface area contributed by atoms with Crippen LogP contribution in [0.15, 0.2) is 40.2 Å². The first kappa shape index (κ1) is 46.5. The molecule has 18 nitrogen and oxygen atoms in total. The highest BCUT2D eigenvalue weighted by atomic mass is 127. The molecule has 1 unspecified atom stereocenters. The molecular weight excluding hydrogens is 960 g/mol. The maximum atomic E-state index is 12.5. The van der Waals surface area contributed by atoms with Crippen molar-refractivity contribution in [2.75, 3.05) is 105 Å². The average molecular weight is 1010 g/mol. The highest BCUT2D eigenvalue weighted by molar-refractivity contribution is 14.1. The fourth-order valence-corrected chi connectivity index (χ4v) is 6.44. The fourth-order valence-electron chi connectivity index (χ4n) is 5.53. The van der Waals surface area contributed by atoms with Crippen molar-refractivity contribution in [2.24, 2.45) is 0 Å². The van der Waals surface area contributed by atoms with Crippen LogP contribution in [-0.4, -0.2) is 159 Å². The number of halogens is 2. The summed E-state index contributed by atoms with van der Waals surface area (Å²) in [6.45, 7) is 11.0. The Kier molecular flexibility index (Phi) is 21.6. The summed E-state index contributed by atoms with van der Waals surface area (Å²) >= 11 is 4.06. The minimum atomic E-state index is -0.686. The normalized spacial score (nSPS) is 17.6. The summed E-state index contributed by atoms with van der Waals surface area (Å²) in [7, 11) is 0. The molecule has 3 aromatic rings. The molecule has 4 atom stereocenters. The van der Waals surface area contributed by atoms with Gasteiger partial charge in [0.15, 0.2) is 6.29 Å². The van der Waals surface area contributed by atoms with Gasteiger partial charge in [-0.15, -0.1) is 0 Å². The Morgan fingerprint density at radius 3 is 2.30 bits per heavy atom. The molecule has 1 aliphatic heterocycles. The molecule has 56 heavy (non-hydrogen) atoms. The van der Waals surface area contributed by atoms with E-state index in [9.17, 15) is 19.5 Å². The number of nitrogens with zero attached hydrogens (tertiary/aromatic N) is 4. The first-order valence-electron chi connectivity index (χ1n) is 18.5. The number of aromatic amines is 1. The standard InChI is InChI=1S/C36H52I2N6O12/c1-3-43(7-6-39-35(47)30-22-40-29-20-26(37)4-5-28(29)41-30)8-9-49-10-11-50-12-13-51-14-15-52-16-17-53-18-19-54-25(2)55-31-21-33(56-32(31)24-45)44-23-27(38)34(46)42-36(44)48/h4-5,20,22-23,25,31-33,45H,3,6-19,21,24H2,1-2H3,(H,39,47)(H,42,46,48)/t25?,31-,32+,33+/m0/s1/i38-2. The zero-order valence-corrected chi connectivity index (χ0v) is 36.0. The van der Waals surface area contributed by atoms with Crippen molar-refractivity contribution >= 4 is 62.1 Å². The van der Waals surface area contributed by atoms with Crippen LogP contribution in [0.5, 0.6) is 0 Å². The van der Waals surface area contributed by atoms with Gasteiger partial charge < -0.3 is 48.3 Å². The van der Waals surface area contributed by atoms with Gasteiger partial charge in [-0.3, -0.25) is 29.0 Å². The Morgan fingerprint density at radius 1 is 1.02 bits per heavy atom. The number of likely N-dealkylation sites (N-methyl/N-ethyl adjacent to an activating group) is 1. The summed E-state index contributed by atoms with van der Waals surface area (Å²) in [4.78, 5) is 49.7. The Balaban J connectivity index is 0.900. The monoisotopic (exact) mass is 1010 g/mol. The van der Waals surface area contributed by atoms with E-state index in [0.29, 0.717) is 100 Å². The van der Waals surface area contributed by atoms with Crippen LogP contribution in [0, 0.1) is 7.14 Å². The SMILES string of the molecule is CCN(CCNC(=O)c1cnc2cc(I)ccc2n1)CCOCCOCCOCCOCCOCCOC(C)O[C@H]1C[C@H](n2cc([125I])c(=O)[nH]c2=O)O[C@@H]1CO. The summed E-state index contributed by atoms with van der Waals surface area (Å²) in [6, 6.07) is 5.73. The number of H-pyrrole nitrogens is 1. The highest BCUT2D eigenvalue weighted by Gasteiger charge is 2.38. The number of rotatable bonds is 28. The molecule has 0 radical (unpaired) electrons. The number of benzene rings is 1. The van der Waals surface area contributed by atoms with E-state index in [0.717, 1.165) is 22.2 Å². The lowest BCUT2D eigenvalue weighted by Gasteiger charge is -2.21. The van der Waals surface area contributed by atoms with Gasteiger partial charge in [0.05, 0.1) is 106 Å². The second-order valence-electron chi connectivity index (χ2n) is 12.4. The Labute approximate surface area is 352 Å². The summed E-state index contributed by atoms with van der Waals surface area (Å²) in [5, 5.41) is 12.7. The summed E-state index contributed by atoms with van der Waals surface area (Å²) in [5.74, 6) is -0.241. The number of ether oxygens (including phenoxy) is 8. The van der Waals surface area contributed by atoms with Gasteiger partial charge >= 0.3 is 5.69 Å². The maximum absolute atomic E-state index is 12.5. The molecule has 1 saturated heterocycles. The molecule has 0 spiro atoms. The number of aromatic nitrogens is 4. The minimum Gasteiger partial charge on any atom is -0.394 e. The number of carbonyl (C=O) groups is 1. The highest BCUT2D eigenvalue weighted by Crippen LogP contribution is 2.30. The summed E-state index contributed by atoms with van der Waals surface area (Å²) < 4.78 is 48.0. The molecule has 1 amide bonds. The van der Waals surface area contributed by atoms with Crippen LogP contribution in [0.25, 0.3) is 11.0 Å². The van der Waals surface area contributed by atoms with Gasteiger partial charge in [-0.1, -0.05) is 6.92 Å². The van der Waals surface area contributed by atoms with E-state index in [4.69, 9.17) is 37.9 Å². The number of aliphatic hydroxyl groups is 1. The number of nitrogens with one attached hydrogen (secondary N) is 2. The lowest BCUT2D eigenvalue weighted by atomic mass is 10.2. The quantitative estimate of drug-likeness (QED) is 0.0536. The lowest BCUT2D eigenvalue weighted by molar-refractivity contribution is -0.180. The second kappa shape index (κ2) is 26.0. The topological polar surface area (TPSA) is 207 Å². The van der Waals surface area contributed by atoms with Crippen molar-refractivity contribution in [1.29, 1.82) is 0 Å². The molecule has 0 aliphatic carbocycles. The van der Waals surface area contributed by atoms with Crippen LogP contribution in [-0.2, 0) is 37.9 Å². The molecule has 4 rings (SSSR count). The number of hydrogen-bond donors (Lipinski definition) is 3. The van der Waals surface area contributed by atoms with Crippen molar-refractivity contribution in [3.8, 4) is 0 Å². The number of hydrogen-bond acceptors (Lipinski definition) is 15. The Bertz CT molecular complexity index is 1740. The predicted octanol–water partition coefficient (Wildman–Crippen LogP) is 1.55. The van der Waals surface area contributed by atoms with Crippen LogP contribution in [0.3, 0.4) is 0 Å². The predicted molar refractivity (Wildman–Crippen MR) is 221 cm³/mol. The molecule has 1 aliphatic rings. The average Bonchev–Trinajstić information content (AvgIpc) is 3.59. The van der Waals surface area contributed by atoms with E-state index in [1.54, 1.807) is 6.92 Å².